The molecule has 1 fully saturated rings. The molecule has 0 aliphatic carbocycles. The first-order valence-corrected chi connectivity index (χ1v) is 8.91. The van der Waals surface area contributed by atoms with Gasteiger partial charge in [-0.2, -0.15) is 0 Å². The summed E-state index contributed by atoms with van der Waals surface area (Å²) >= 11 is 0. The van der Waals surface area contributed by atoms with Gasteiger partial charge in [0.05, 0.1) is 12.2 Å². The summed E-state index contributed by atoms with van der Waals surface area (Å²) in [6.07, 6.45) is 0.624. The van der Waals surface area contributed by atoms with Gasteiger partial charge in [-0.05, 0) is 93.0 Å². The minimum absolute atomic E-state index is 0.0509. The minimum Gasteiger partial charge on any atom is -0.444 e. The number of cyclic esters (lactones) is 1. The summed E-state index contributed by atoms with van der Waals surface area (Å²) in [7, 11) is 0. The summed E-state index contributed by atoms with van der Waals surface area (Å²) in [6.45, 7) is 13.2. The van der Waals surface area contributed by atoms with Crippen LogP contribution in [0.15, 0.2) is 24.3 Å². The van der Waals surface area contributed by atoms with Crippen LogP contribution in [0.4, 0.5) is 10.5 Å². The summed E-state index contributed by atoms with van der Waals surface area (Å²) in [5, 5.41) is 0. The lowest BCUT2D eigenvalue weighted by molar-refractivity contribution is 0.150. The van der Waals surface area contributed by atoms with E-state index in [1.165, 1.54) is 33.4 Å². The number of aryl methyl sites for hydroxylation is 5. The second kappa shape index (κ2) is 6.55. The van der Waals surface area contributed by atoms with Crippen molar-refractivity contribution in [3.05, 3.63) is 63.2 Å². The molecule has 1 unspecified atom stereocenters. The SMILES string of the molecule is Cc1cc(C)c(Cc2cc(C)c(N3CC(C)OC3=O)cc2C)cc1C. The lowest BCUT2D eigenvalue weighted by Gasteiger charge is -2.19. The Kier molecular flexibility index (Phi) is 4.59. The van der Waals surface area contributed by atoms with Crippen LogP contribution >= 0.6 is 0 Å². The third-order valence-electron chi connectivity index (χ3n) is 5.24. The Morgan fingerprint density at radius 3 is 2.04 bits per heavy atom. The number of amides is 1. The van der Waals surface area contributed by atoms with Crippen LogP contribution < -0.4 is 4.90 Å². The van der Waals surface area contributed by atoms with Crippen molar-refractivity contribution in [2.24, 2.45) is 0 Å². The maximum Gasteiger partial charge on any atom is 0.414 e. The fraction of sp³-hybridized carbons (Fsp3) is 0.409. The number of hydrogen-bond acceptors (Lipinski definition) is 2. The van der Waals surface area contributed by atoms with E-state index in [1.54, 1.807) is 4.90 Å². The summed E-state index contributed by atoms with van der Waals surface area (Å²) in [5.74, 6) is 0. The van der Waals surface area contributed by atoms with Crippen LogP contribution in [0.25, 0.3) is 0 Å². The van der Waals surface area contributed by atoms with E-state index in [0.29, 0.717) is 6.54 Å². The number of carbonyl (C=O) groups excluding carboxylic acids is 1. The second-order valence-electron chi connectivity index (χ2n) is 7.41. The second-order valence-corrected chi connectivity index (χ2v) is 7.41. The molecule has 1 aliphatic heterocycles. The van der Waals surface area contributed by atoms with Gasteiger partial charge >= 0.3 is 6.09 Å². The molecule has 25 heavy (non-hydrogen) atoms. The quantitative estimate of drug-likeness (QED) is 0.774. The molecule has 0 radical (unpaired) electrons. The maximum absolute atomic E-state index is 12.0. The number of benzene rings is 2. The van der Waals surface area contributed by atoms with Gasteiger partial charge in [0.1, 0.15) is 6.10 Å². The molecule has 2 aromatic carbocycles. The predicted octanol–water partition coefficient (Wildman–Crippen LogP) is 5.16. The molecule has 0 aromatic heterocycles. The lowest BCUT2D eigenvalue weighted by atomic mass is 9.92. The van der Waals surface area contributed by atoms with Gasteiger partial charge in [-0.3, -0.25) is 4.90 Å². The van der Waals surface area contributed by atoms with Crippen LogP contribution in [-0.2, 0) is 11.2 Å². The average Bonchev–Trinajstić information content (AvgIpc) is 2.86. The Labute approximate surface area is 150 Å². The Hall–Kier alpha value is -2.29. The highest BCUT2D eigenvalue weighted by molar-refractivity contribution is 5.90. The van der Waals surface area contributed by atoms with Gasteiger partial charge in [0.15, 0.2) is 0 Å². The predicted molar refractivity (Wildman–Crippen MR) is 103 cm³/mol. The molecule has 0 N–H and O–H groups in total. The van der Waals surface area contributed by atoms with E-state index in [0.717, 1.165) is 17.7 Å². The molecule has 3 rings (SSSR count). The monoisotopic (exact) mass is 337 g/mol. The average molecular weight is 337 g/mol. The first-order valence-electron chi connectivity index (χ1n) is 8.91. The van der Waals surface area contributed by atoms with Gasteiger partial charge in [0.2, 0.25) is 0 Å². The number of anilines is 1. The number of ether oxygens (including phenoxy) is 1. The molecule has 2 aromatic rings. The Balaban J connectivity index is 1.93. The summed E-state index contributed by atoms with van der Waals surface area (Å²) in [4.78, 5) is 13.8. The molecule has 1 saturated heterocycles. The van der Waals surface area contributed by atoms with Gasteiger partial charge < -0.3 is 4.74 Å². The van der Waals surface area contributed by atoms with E-state index in [9.17, 15) is 4.79 Å². The van der Waals surface area contributed by atoms with E-state index in [-0.39, 0.29) is 12.2 Å². The molecule has 1 aliphatic rings. The summed E-state index contributed by atoms with van der Waals surface area (Å²) in [6, 6.07) is 8.91. The van der Waals surface area contributed by atoms with E-state index >= 15 is 0 Å². The van der Waals surface area contributed by atoms with Crippen molar-refractivity contribution in [2.45, 2.75) is 54.1 Å². The third kappa shape index (κ3) is 3.41. The van der Waals surface area contributed by atoms with Crippen LogP contribution in [0.1, 0.15) is 45.9 Å². The van der Waals surface area contributed by atoms with Gasteiger partial charge in [-0.25, -0.2) is 4.79 Å². The molecule has 0 bridgehead atoms. The van der Waals surface area contributed by atoms with Crippen LogP contribution in [0.2, 0.25) is 0 Å². The van der Waals surface area contributed by atoms with Gasteiger partial charge in [0.25, 0.3) is 0 Å². The van der Waals surface area contributed by atoms with E-state index in [2.05, 4.69) is 58.9 Å². The summed E-state index contributed by atoms with van der Waals surface area (Å²) < 4.78 is 5.28. The number of nitrogens with zero attached hydrogens (tertiary/aromatic N) is 1. The molecule has 132 valence electrons. The highest BCUT2D eigenvalue weighted by atomic mass is 16.6. The maximum atomic E-state index is 12.0. The third-order valence-corrected chi connectivity index (χ3v) is 5.24. The molecular formula is C22H27NO2. The highest BCUT2D eigenvalue weighted by Crippen LogP contribution is 2.30. The molecule has 3 heteroatoms. The molecule has 0 spiro atoms. The van der Waals surface area contributed by atoms with E-state index < -0.39 is 0 Å². The van der Waals surface area contributed by atoms with Crippen molar-refractivity contribution < 1.29 is 9.53 Å². The Morgan fingerprint density at radius 2 is 1.44 bits per heavy atom. The van der Waals surface area contributed by atoms with Crippen molar-refractivity contribution in [3.63, 3.8) is 0 Å². The number of carbonyl (C=O) groups is 1. The van der Waals surface area contributed by atoms with Crippen molar-refractivity contribution in [1.82, 2.24) is 0 Å². The Morgan fingerprint density at radius 1 is 0.880 bits per heavy atom. The molecule has 3 nitrogen and oxygen atoms in total. The summed E-state index contributed by atoms with van der Waals surface area (Å²) in [5.41, 5.74) is 9.99. The van der Waals surface area contributed by atoms with E-state index in [1.807, 2.05) is 6.92 Å². The molecule has 0 saturated carbocycles. The fourth-order valence-corrected chi connectivity index (χ4v) is 3.56. The molecular weight excluding hydrogens is 310 g/mol. The van der Waals surface area contributed by atoms with Crippen molar-refractivity contribution in [1.29, 1.82) is 0 Å². The van der Waals surface area contributed by atoms with Crippen molar-refractivity contribution in [2.75, 3.05) is 11.4 Å². The van der Waals surface area contributed by atoms with Gasteiger partial charge in [-0.1, -0.05) is 18.2 Å². The van der Waals surface area contributed by atoms with Crippen molar-refractivity contribution in [3.8, 4) is 0 Å². The normalized spacial score (nSPS) is 17.1. The first-order chi connectivity index (χ1) is 11.8. The van der Waals surface area contributed by atoms with Gasteiger partial charge in [0, 0.05) is 0 Å². The smallest absolute Gasteiger partial charge is 0.414 e. The zero-order chi connectivity index (χ0) is 18.3. The molecule has 1 heterocycles. The topological polar surface area (TPSA) is 29.5 Å². The van der Waals surface area contributed by atoms with Crippen LogP contribution in [0, 0.1) is 34.6 Å². The number of rotatable bonds is 3. The van der Waals surface area contributed by atoms with Crippen LogP contribution in [0.5, 0.6) is 0 Å². The number of hydrogen-bond donors (Lipinski definition) is 0. The largest absolute Gasteiger partial charge is 0.444 e. The molecule has 1 amide bonds. The van der Waals surface area contributed by atoms with Gasteiger partial charge in [-0.15, -0.1) is 0 Å². The zero-order valence-corrected chi connectivity index (χ0v) is 16.1. The van der Waals surface area contributed by atoms with Crippen molar-refractivity contribution >= 4 is 11.8 Å². The minimum atomic E-state index is -0.243. The zero-order valence-electron chi connectivity index (χ0n) is 16.1. The first kappa shape index (κ1) is 17.5. The van der Waals surface area contributed by atoms with Crippen LogP contribution in [-0.4, -0.2) is 18.7 Å². The molecule has 1 atom stereocenters. The van der Waals surface area contributed by atoms with E-state index in [4.69, 9.17) is 4.74 Å². The van der Waals surface area contributed by atoms with Crippen LogP contribution in [0.3, 0.4) is 0 Å². The fourth-order valence-electron chi connectivity index (χ4n) is 3.56. The standard InChI is InChI=1S/C22H27NO2/c1-13-7-15(3)19(8-14(13)2)11-20-9-17(5)21(10-16(20)4)23-12-18(6)25-22(23)24/h7-10,18H,11-12H2,1-6H3. The Bertz CT molecular complexity index is 838. The lowest BCUT2D eigenvalue weighted by Crippen LogP contribution is -2.25. The highest BCUT2D eigenvalue weighted by Gasteiger charge is 2.30.